The number of aryl methyl sites for hydroxylation is 2. The summed E-state index contributed by atoms with van der Waals surface area (Å²) >= 11 is 3.56. The van der Waals surface area contributed by atoms with Gasteiger partial charge >= 0.3 is 0 Å². The maximum absolute atomic E-state index is 4.52. The first-order chi connectivity index (χ1) is 7.68. The molecule has 0 aliphatic carbocycles. The van der Waals surface area contributed by atoms with Crippen molar-refractivity contribution in [3.05, 3.63) is 15.9 Å². The second-order valence-corrected chi connectivity index (χ2v) is 5.44. The highest BCUT2D eigenvalue weighted by atomic mass is 79.9. The van der Waals surface area contributed by atoms with E-state index in [-0.39, 0.29) is 0 Å². The van der Waals surface area contributed by atoms with Crippen molar-refractivity contribution in [2.24, 2.45) is 0 Å². The molecule has 1 aliphatic heterocycles. The van der Waals surface area contributed by atoms with E-state index < -0.39 is 0 Å². The predicted molar refractivity (Wildman–Crippen MR) is 69.7 cm³/mol. The third-order valence-electron chi connectivity index (χ3n) is 3.38. The third kappa shape index (κ3) is 2.66. The van der Waals surface area contributed by atoms with E-state index in [1.54, 1.807) is 0 Å². The van der Waals surface area contributed by atoms with Crippen molar-refractivity contribution in [2.45, 2.75) is 52.1 Å². The highest BCUT2D eigenvalue weighted by Crippen LogP contribution is 2.20. The van der Waals surface area contributed by atoms with Crippen LogP contribution in [-0.2, 0) is 6.54 Å². The van der Waals surface area contributed by atoms with Crippen LogP contribution in [0.25, 0.3) is 0 Å². The molecule has 3 nitrogen and oxygen atoms in total. The molecule has 1 fully saturated rings. The Morgan fingerprint density at radius 2 is 2.31 bits per heavy atom. The van der Waals surface area contributed by atoms with Gasteiger partial charge in [0.2, 0.25) is 0 Å². The zero-order valence-electron chi connectivity index (χ0n) is 10.1. The predicted octanol–water partition coefficient (Wildman–Crippen LogP) is 2.79. The fourth-order valence-electron chi connectivity index (χ4n) is 2.38. The van der Waals surface area contributed by atoms with Crippen LogP contribution in [0.15, 0.2) is 4.47 Å². The summed E-state index contributed by atoms with van der Waals surface area (Å²) in [6, 6.07) is 0.750. The van der Waals surface area contributed by atoms with Crippen molar-refractivity contribution in [3.63, 3.8) is 0 Å². The fraction of sp³-hybridized carbons (Fsp3) is 0.750. The van der Waals surface area contributed by atoms with E-state index in [9.17, 15) is 0 Å². The first kappa shape index (κ1) is 12.1. The summed E-state index contributed by atoms with van der Waals surface area (Å²) in [6.07, 6.45) is 5.18. The Kier molecular flexibility index (Phi) is 4.03. The summed E-state index contributed by atoms with van der Waals surface area (Å²) in [5.41, 5.74) is 2.34. The molecule has 4 heteroatoms. The lowest BCUT2D eigenvalue weighted by Gasteiger charge is -2.10. The van der Waals surface area contributed by atoms with Gasteiger partial charge in [0.15, 0.2) is 0 Å². The first-order valence-corrected chi connectivity index (χ1v) is 6.90. The van der Waals surface area contributed by atoms with Gasteiger partial charge in [-0.3, -0.25) is 4.68 Å². The van der Waals surface area contributed by atoms with Gasteiger partial charge in [0.05, 0.1) is 10.2 Å². The molecule has 16 heavy (non-hydrogen) atoms. The second kappa shape index (κ2) is 5.32. The molecule has 1 atom stereocenters. The summed E-state index contributed by atoms with van der Waals surface area (Å²) in [6.45, 7) is 6.41. The molecule has 1 saturated heterocycles. The summed E-state index contributed by atoms with van der Waals surface area (Å²) in [7, 11) is 0. The van der Waals surface area contributed by atoms with Crippen molar-refractivity contribution in [3.8, 4) is 0 Å². The average Bonchev–Trinajstić information content (AvgIpc) is 2.85. The standard InChI is InChI=1S/C12H20BrN3/c1-9-12(13)10(2)16(15-9)8-4-6-11-5-3-7-14-11/h11,14H,3-8H2,1-2H3. The Morgan fingerprint density at radius 1 is 1.50 bits per heavy atom. The molecule has 0 radical (unpaired) electrons. The number of hydrogen-bond donors (Lipinski definition) is 1. The SMILES string of the molecule is Cc1nn(CCCC2CCCN2)c(C)c1Br. The molecule has 1 aliphatic rings. The summed E-state index contributed by atoms with van der Waals surface area (Å²) < 4.78 is 3.28. The molecule has 1 unspecified atom stereocenters. The number of rotatable bonds is 4. The third-order valence-corrected chi connectivity index (χ3v) is 4.53. The molecule has 0 saturated carbocycles. The van der Waals surface area contributed by atoms with Crippen LogP contribution in [-0.4, -0.2) is 22.4 Å². The molecule has 0 spiro atoms. The minimum absolute atomic E-state index is 0.750. The molecule has 0 aromatic carbocycles. The number of nitrogens with one attached hydrogen (secondary N) is 1. The number of aromatic nitrogens is 2. The Balaban J connectivity index is 1.82. The molecule has 0 amide bonds. The summed E-state index contributed by atoms with van der Waals surface area (Å²) in [5, 5.41) is 8.06. The van der Waals surface area contributed by atoms with Gasteiger partial charge < -0.3 is 5.32 Å². The van der Waals surface area contributed by atoms with Crippen molar-refractivity contribution in [1.82, 2.24) is 15.1 Å². The van der Waals surface area contributed by atoms with E-state index in [4.69, 9.17) is 0 Å². The van der Waals surface area contributed by atoms with Crippen LogP contribution in [0.4, 0.5) is 0 Å². The molecular formula is C12H20BrN3. The van der Waals surface area contributed by atoms with E-state index in [1.807, 2.05) is 6.92 Å². The molecule has 1 aromatic heterocycles. The van der Waals surface area contributed by atoms with Crippen LogP contribution in [0.2, 0.25) is 0 Å². The van der Waals surface area contributed by atoms with Crippen molar-refractivity contribution >= 4 is 15.9 Å². The van der Waals surface area contributed by atoms with E-state index in [1.165, 1.54) is 37.9 Å². The molecular weight excluding hydrogens is 266 g/mol. The Hall–Kier alpha value is -0.350. The van der Waals surface area contributed by atoms with Crippen LogP contribution in [0.1, 0.15) is 37.1 Å². The average molecular weight is 286 g/mol. The van der Waals surface area contributed by atoms with Crippen LogP contribution in [0.3, 0.4) is 0 Å². The molecule has 90 valence electrons. The minimum atomic E-state index is 0.750. The molecule has 0 bridgehead atoms. The number of hydrogen-bond acceptors (Lipinski definition) is 2. The van der Waals surface area contributed by atoms with Gasteiger partial charge in [-0.2, -0.15) is 5.10 Å². The lowest BCUT2D eigenvalue weighted by molar-refractivity contribution is 0.478. The van der Waals surface area contributed by atoms with Gasteiger partial charge in [-0.15, -0.1) is 0 Å². The highest BCUT2D eigenvalue weighted by Gasteiger charge is 2.14. The van der Waals surface area contributed by atoms with Gasteiger partial charge in [0, 0.05) is 18.3 Å². The number of nitrogens with zero attached hydrogens (tertiary/aromatic N) is 2. The summed E-state index contributed by atoms with van der Waals surface area (Å²) in [4.78, 5) is 0. The van der Waals surface area contributed by atoms with Gasteiger partial charge in [-0.1, -0.05) is 0 Å². The Bertz CT molecular complexity index is 353. The topological polar surface area (TPSA) is 29.9 Å². The maximum Gasteiger partial charge on any atom is 0.0738 e. The van der Waals surface area contributed by atoms with Crippen molar-refractivity contribution < 1.29 is 0 Å². The molecule has 1 aromatic rings. The van der Waals surface area contributed by atoms with E-state index in [2.05, 4.69) is 38.0 Å². The van der Waals surface area contributed by atoms with Crippen molar-refractivity contribution in [2.75, 3.05) is 6.54 Å². The second-order valence-electron chi connectivity index (χ2n) is 4.64. The van der Waals surface area contributed by atoms with Gasteiger partial charge in [-0.25, -0.2) is 0 Å². The van der Waals surface area contributed by atoms with Crippen LogP contribution in [0.5, 0.6) is 0 Å². The van der Waals surface area contributed by atoms with Crippen molar-refractivity contribution in [1.29, 1.82) is 0 Å². The van der Waals surface area contributed by atoms with E-state index >= 15 is 0 Å². The number of halogens is 1. The van der Waals surface area contributed by atoms with Gasteiger partial charge in [-0.05, 0) is 62.0 Å². The lowest BCUT2D eigenvalue weighted by Crippen LogP contribution is -2.21. The highest BCUT2D eigenvalue weighted by molar-refractivity contribution is 9.10. The van der Waals surface area contributed by atoms with E-state index in [0.717, 1.165) is 22.8 Å². The largest absolute Gasteiger partial charge is 0.314 e. The Labute approximate surface area is 106 Å². The smallest absolute Gasteiger partial charge is 0.0738 e. The quantitative estimate of drug-likeness (QED) is 0.922. The zero-order chi connectivity index (χ0) is 11.5. The van der Waals surface area contributed by atoms with Crippen LogP contribution >= 0.6 is 15.9 Å². The minimum Gasteiger partial charge on any atom is -0.314 e. The molecule has 2 heterocycles. The maximum atomic E-state index is 4.52. The lowest BCUT2D eigenvalue weighted by atomic mass is 10.1. The normalized spacial score (nSPS) is 20.6. The monoisotopic (exact) mass is 285 g/mol. The van der Waals surface area contributed by atoms with Gasteiger partial charge in [0.1, 0.15) is 0 Å². The van der Waals surface area contributed by atoms with Crippen LogP contribution in [0, 0.1) is 13.8 Å². The Morgan fingerprint density at radius 3 is 2.88 bits per heavy atom. The zero-order valence-corrected chi connectivity index (χ0v) is 11.7. The van der Waals surface area contributed by atoms with E-state index in [0.29, 0.717) is 0 Å². The van der Waals surface area contributed by atoms with Crippen LogP contribution < -0.4 is 5.32 Å². The summed E-state index contributed by atoms with van der Waals surface area (Å²) in [5.74, 6) is 0. The van der Waals surface area contributed by atoms with Gasteiger partial charge in [0.25, 0.3) is 0 Å². The molecule has 2 rings (SSSR count). The first-order valence-electron chi connectivity index (χ1n) is 6.11. The molecule has 1 N–H and O–H groups in total. The fourth-order valence-corrected chi connectivity index (χ4v) is 2.67.